The van der Waals surface area contributed by atoms with E-state index in [0.717, 1.165) is 16.7 Å². The third-order valence-electron chi connectivity index (χ3n) is 4.65. The highest BCUT2D eigenvalue weighted by molar-refractivity contribution is 5.87. The fraction of sp³-hybridized carbons (Fsp3) is 0.300. The Kier molecular flexibility index (Phi) is 6.77. The van der Waals surface area contributed by atoms with Gasteiger partial charge < -0.3 is 15.7 Å². The van der Waals surface area contributed by atoms with Crippen LogP contribution in [0.15, 0.2) is 54.6 Å². The minimum Gasteiger partial charge on any atom is -0.480 e. The van der Waals surface area contributed by atoms with Crippen LogP contribution in [0.4, 0.5) is 0 Å². The van der Waals surface area contributed by atoms with Crippen LogP contribution in [-0.2, 0) is 16.0 Å². The third-order valence-corrected chi connectivity index (χ3v) is 4.65. The van der Waals surface area contributed by atoms with E-state index in [1.165, 1.54) is 4.90 Å². The van der Waals surface area contributed by atoms with Crippen molar-refractivity contribution in [2.24, 2.45) is 5.73 Å². The first-order chi connectivity index (χ1) is 12.1. The van der Waals surface area contributed by atoms with Crippen LogP contribution in [-0.4, -0.2) is 40.5 Å². The molecule has 5 nitrogen and oxygen atoms in total. The molecule has 2 aromatic carbocycles. The molecule has 2 atom stereocenters. The Bertz CT molecular complexity index is 749. The van der Waals surface area contributed by atoms with Gasteiger partial charge >= 0.3 is 5.97 Å². The van der Waals surface area contributed by atoms with Crippen molar-refractivity contribution in [1.29, 1.82) is 0 Å². The number of nitrogens with zero attached hydrogens (tertiary/aromatic N) is 1. The quantitative estimate of drug-likeness (QED) is 0.842. The van der Waals surface area contributed by atoms with Crippen LogP contribution in [0, 0.1) is 0 Å². The lowest BCUT2D eigenvalue weighted by Crippen LogP contribution is -2.49. The van der Waals surface area contributed by atoms with Gasteiger partial charge in [0.05, 0.1) is 6.04 Å². The van der Waals surface area contributed by atoms with Gasteiger partial charge in [-0.1, -0.05) is 54.6 Å². The Balaban J connectivity index is 0.00000243. The summed E-state index contributed by atoms with van der Waals surface area (Å²) in [7, 11) is 0. The Morgan fingerprint density at radius 3 is 2.31 bits per heavy atom. The van der Waals surface area contributed by atoms with Crippen LogP contribution in [0.5, 0.6) is 0 Å². The number of aliphatic carboxylic acids is 1. The fourth-order valence-corrected chi connectivity index (χ4v) is 3.31. The number of benzene rings is 2. The maximum atomic E-state index is 12.5. The predicted molar refractivity (Wildman–Crippen MR) is 103 cm³/mol. The van der Waals surface area contributed by atoms with E-state index in [-0.39, 0.29) is 18.3 Å². The molecule has 1 aliphatic heterocycles. The molecule has 0 radical (unpaired) electrons. The molecular formula is C20H23ClN2O3. The summed E-state index contributed by atoms with van der Waals surface area (Å²) >= 11 is 0. The van der Waals surface area contributed by atoms with Crippen molar-refractivity contribution < 1.29 is 14.7 Å². The van der Waals surface area contributed by atoms with Crippen molar-refractivity contribution >= 4 is 24.3 Å². The molecule has 1 saturated heterocycles. The van der Waals surface area contributed by atoms with Gasteiger partial charge in [0.15, 0.2) is 0 Å². The smallest absolute Gasteiger partial charge is 0.326 e. The minimum atomic E-state index is -0.953. The van der Waals surface area contributed by atoms with Crippen molar-refractivity contribution in [3.05, 3.63) is 60.2 Å². The second kappa shape index (κ2) is 8.83. The van der Waals surface area contributed by atoms with Gasteiger partial charge in [-0.3, -0.25) is 4.79 Å². The summed E-state index contributed by atoms with van der Waals surface area (Å²) in [4.78, 5) is 25.1. The molecule has 6 heteroatoms. The Hall–Kier alpha value is -2.37. The Morgan fingerprint density at radius 2 is 1.69 bits per heavy atom. The number of hydrogen-bond donors (Lipinski definition) is 2. The maximum Gasteiger partial charge on any atom is 0.326 e. The molecule has 26 heavy (non-hydrogen) atoms. The second-order valence-electron chi connectivity index (χ2n) is 6.40. The number of hydrogen-bond acceptors (Lipinski definition) is 3. The molecule has 0 aliphatic carbocycles. The van der Waals surface area contributed by atoms with Crippen LogP contribution >= 0.6 is 12.4 Å². The lowest BCUT2D eigenvalue weighted by atomic mass is 10.0. The molecule has 0 aromatic heterocycles. The molecule has 1 heterocycles. The highest BCUT2D eigenvalue weighted by Crippen LogP contribution is 2.21. The average molecular weight is 375 g/mol. The zero-order valence-electron chi connectivity index (χ0n) is 14.4. The van der Waals surface area contributed by atoms with Crippen LogP contribution in [0.3, 0.4) is 0 Å². The van der Waals surface area contributed by atoms with Gasteiger partial charge in [0.1, 0.15) is 6.04 Å². The number of rotatable bonds is 5. The standard InChI is InChI=1S/C20H22N2O3.ClH/c21-17(19(23)22-12-4-7-18(22)20(24)25)13-14-8-10-16(11-9-14)15-5-2-1-3-6-15;/h1-3,5-6,8-11,17-18H,4,7,12-13,21H2,(H,24,25);1H/t17-,18?;/m0./s1. The number of nitrogens with two attached hydrogens (primary N) is 1. The molecule has 0 spiro atoms. The molecule has 1 unspecified atom stereocenters. The van der Waals surface area contributed by atoms with E-state index in [4.69, 9.17) is 5.73 Å². The lowest BCUT2D eigenvalue weighted by molar-refractivity contribution is -0.148. The number of halogens is 1. The van der Waals surface area contributed by atoms with Gasteiger partial charge in [0, 0.05) is 6.54 Å². The molecular weight excluding hydrogens is 352 g/mol. The molecule has 3 rings (SSSR count). The topological polar surface area (TPSA) is 83.6 Å². The van der Waals surface area contributed by atoms with Crippen molar-refractivity contribution in [1.82, 2.24) is 4.90 Å². The second-order valence-corrected chi connectivity index (χ2v) is 6.40. The SMILES string of the molecule is Cl.N[C@@H](Cc1ccc(-c2ccccc2)cc1)C(=O)N1CCCC1C(=O)O. The molecule has 0 saturated carbocycles. The van der Waals surface area contributed by atoms with Crippen LogP contribution in [0.1, 0.15) is 18.4 Å². The summed E-state index contributed by atoms with van der Waals surface area (Å²) in [6.45, 7) is 0.469. The zero-order valence-corrected chi connectivity index (χ0v) is 15.2. The highest BCUT2D eigenvalue weighted by atomic mass is 35.5. The summed E-state index contributed by atoms with van der Waals surface area (Å²) in [6.07, 6.45) is 1.61. The maximum absolute atomic E-state index is 12.5. The summed E-state index contributed by atoms with van der Waals surface area (Å²) in [5.41, 5.74) is 9.26. The Labute approximate surface area is 159 Å². The van der Waals surface area contributed by atoms with Crippen molar-refractivity contribution in [3.8, 4) is 11.1 Å². The van der Waals surface area contributed by atoms with E-state index in [9.17, 15) is 14.7 Å². The first-order valence-electron chi connectivity index (χ1n) is 8.49. The summed E-state index contributed by atoms with van der Waals surface area (Å²) in [6, 6.07) is 16.6. The third kappa shape index (κ3) is 4.42. The Morgan fingerprint density at radius 1 is 1.08 bits per heavy atom. The average Bonchev–Trinajstić information content (AvgIpc) is 3.12. The minimum absolute atomic E-state index is 0. The number of carbonyl (C=O) groups excluding carboxylic acids is 1. The lowest BCUT2D eigenvalue weighted by Gasteiger charge is -2.24. The fourth-order valence-electron chi connectivity index (χ4n) is 3.31. The molecule has 3 N–H and O–H groups in total. The number of carbonyl (C=O) groups is 2. The van der Waals surface area contributed by atoms with Crippen LogP contribution in [0.25, 0.3) is 11.1 Å². The molecule has 1 fully saturated rings. The highest BCUT2D eigenvalue weighted by Gasteiger charge is 2.35. The first kappa shape index (κ1) is 19.9. The monoisotopic (exact) mass is 374 g/mol. The molecule has 138 valence electrons. The van der Waals surface area contributed by atoms with Gasteiger partial charge in [0.2, 0.25) is 5.91 Å². The molecule has 2 aromatic rings. The number of amides is 1. The van der Waals surface area contributed by atoms with Gasteiger partial charge in [-0.15, -0.1) is 12.4 Å². The van der Waals surface area contributed by atoms with E-state index in [1.54, 1.807) is 0 Å². The number of likely N-dealkylation sites (tertiary alicyclic amines) is 1. The molecule has 1 aliphatic rings. The summed E-state index contributed by atoms with van der Waals surface area (Å²) in [5, 5.41) is 9.21. The van der Waals surface area contributed by atoms with E-state index in [1.807, 2.05) is 54.6 Å². The van der Waals surface area contributed by atoms with E-state index in [2.05, 4.69) is 0 Å². The van der Waals surface area contributed by atoms with Gasteiger partial charge in [-0.05, 0) is 36.0 Å². The van der Waals surface area contributed by atoms with Crippen LogP contribution in [0.2, 0.25) is 0 Å². The van der Waals surface area contributed by atoms with Crippen molar-refractivity contribution in [2.75, 3.05) is 6.54 Å². The largest absolute Gasteiger partial charge is 0.480 e. The number of carboxylic acid groups (broad SMARTS) is 1. The zero-order chi connectivity index (χ0) is 17.8. The summed E-state index contributed by atoms with van der Waals surface area (Å²) < 4.78 is 0. The number of carboxylic acids is 1. The molecule has 1 amide bonds. The molecule has 0 bridgehead atoms. The van der Waals surface area contributed by atoms with Gasteiger partial charge in [0.25, 0.3) is 0 Å². The van der Waals surface area contributed by atoms with Crippen molar-refractivity contribution in [2.45, 2.75) is 31.3 Å². The van der Waals surface area contributed by atoms with Crippen LogP contribution < -0.4 is 5.73 Å². The van der Waals surface area contributed by atoms with Gasteiger partial charge in [-0.2, -0.15) is 0 Å². The van der Waals surface area contributed by atoms with E-state index in [0.29, 0.717) is 25.8 Å². The van der Waals surface area contributed by atoms with E-state index < -0.39 is 18.1 Å². The van der Waals surface area contributed by atoms with Crippen molar-refractivity contribution in [3.63, 3.8) is 0 Å². The summed E-state index contributed by atoms with van der Waals surface area (Å²) in [5.74, 6) is -1.23. The predicted octanol–water partition coefficient (Wildman–Crippen LogP) is 2.72. The first-order valence-corrected chi connectivity index (χ1v) is 8.49. The van der Waals surface area contributed by atoms with Gasteiger partial charge in [-0.25, -0.2) is 4.79 Å². The normalized spacial score (nSPS) is 17.4. The van der Waals surface area contributed by atoms with E-state index >= 15 is 0 Å².